The second-order valence-corrected chi connectivity index (χ2v) is 8.35. The predicted molar refractivity (Wildman–Crippen MR) is 102 cm³/mol. The highest BCUT2D eigenvalue weighted by Gasteiger charge is 2.19. The molecule has 0 saturated heterocycles. The van der Waals surface area contributed by atoms with Gasteiger partial charge >= 0.3 is 5.97 Å². The van der Waals surface area contributed by atoms with Crippen LogP contribution in [0.25, 0.3) is 10.8 Å². The zero-order valence-electron chi connectivity index (χ0n) is 13.2. The van der Waals surface area contributed by atoms with Crippen LogP contribution in [0, 0.1) is 0 Å². The van der Waals surface area contributed by atoms with Gasteiger partial charge in [-0.05, 0) is 53.2 Å². The first-order valence-electron chi connectivity index (χ1n) is 7.29. The van der Waals surface area contributed by atoms with Gasteiger partial charge in [-0.1, -0.05) is 23.2 Å². The average Bonchev–Trinajstić information content (AvgIpc) is 3.24. The van der Waals surface area contributed by atoms with Gasteiger partial charge in [0.1, 0.15) is 5.75 Å². The molecule has 2 heterocycles. The number of benzene rings is 1. The quantitative estimate of drug-likeness (QED) is 0.444. The maximum atomic E-state index is 12.1. The average molecular weight is 478 g/mol. The Morgan fingerprint density at radius 3 is 2.81 bits per heavy atom. The lowest BCUT2D eigenvalue weighted by atomic mass is 10.3. The van der Waals surface area contributed by atoms with Crippen molar-refractivity contribution in [1.82, 2.24) is 10.2 Å². The summed E-state index contributed by atoms with van der Waals surface area (Å²) in [7, 11) is 0. The van der Waals surface area contributed by atoms with Crippen molar-refractivity contribution in [3.05, 3.63) is 50.1 Å². The van der Waals surface area contributed by atoms with Crippen molar-refractivity contribution in [3.8, 4) is 16.5 Å². The number of rotatable bonds is 6. The van der Waals surface area contributed by atoms with E-state index in [-0.39, 0.29) is 12.5 Å². The summed E-state index contributed by atoms with van der Waals surface area (Å²) in [6.45, 7) is 1.40. The highest BCUT2D eigenvalue weighted by molar-refractivity contribution is 9.11. The van der Waals surface area contributed by atoms with Crippen molar-refractivity contribution >= 4 is 56.4 Å². The highest BCUT2D eigenvalue weighted by atomic mass is 79.9. The minimum atomic E-state index is -0.871. The molecule has 1 atom stereocenters. The number of ether oxygens (including phenoxy) is 2. The fourth-order valence-corrected chi connectivity index (χ4v) is 3.66. The largest absolute Gasteiger partial charge is 0.477 e. The Hall–Kier alpha value is -1.61. The Morgan fingerprint density at radius 2 is 2.12 bits per heavy atom. The number of halogens is 3. The van der Waals surface area contributed by atoms with Crippen LogP contribution < -0.4 is 4.74 Å². The van der Waals surface area contributed by atoms with E-state index < -0.39 is 12.1 Å². The second-order valence-electron chi connectivity index (χ2n) is 5.05. The van der Waals surface area contributed by atoms with Gasteiger partial charge in [0.2, 0.25) is 0 Å². The molecule has 0 fully saturated rings. The molecule has 0 radical (unpaired) electrons. The van der Waals surface area contributed by atoms with Crippen LogP contribution in [-0.2, 0) is 16.1 Å². The Balaban J connectivity index is 1.55. The maximum absolute atomic E-state index is 12.1. The summed E-state index contributed by atoms with van der Waals surface area (Å²) in [5.74, 6) is 0.303. The molecule has 0 saturated carbocycles. The summed E-state index contributed by atoms with van der Waals surface area (Å²) in [6.07, 6.45) is -0.871. The third-order valence-corrected chi connectivity index (χ3v) is 5.26. The van der Waals surface area contributed by atoms with Gasteiger partial charge < -0.3 is 13.9 Å². The van der Waals surface area contributed by atoms with Crippen LogP contribution in [0.5, 0.6) is 5.75 Å². The van der Waals surface area contributed by atoms with Crippen LogP contribution in [0.4, 0.5) is 0 Å². The number of hydrogen-bond donors (Lipinski definition) is 0. The summed E-state index contributed by atoms with van der Waals surface area (Å²) in [4.78, 5) is 12.9. The summed E-state index contributed by atoms with van der Waals surface area (Å²) < 4.78 is 17.1. The van der Waals surface area contributed by atoms with Crippen molar-refractivity contribution in [3.63, 3.8) is 0 Å². The predicted octanol–water partition coefficient (Wildman–Crippen LogP) is 5.38. The van der Waals surface area contributed by atoms with E-state index in [1.165, 1.54) is 17.4 Å². The van der Waals surface area contributed by atoms with E-state index in [1.54, 1.807) is 19.1 Å². The van der Waals surface area contributed by atoms with Gasteiger partial charge in [-0.15, -0.1) is 21.5 Å². The van der Waals surface area contributed by atoms with Gasteiger partial charge in [0, 0.05) is 5.02 Å². The molecule has 0 aliphatic rings. The molecule has 0 aliphatic carbocycles. The second kappa shape index (κ2) is 8.39. The van der Waals surface area contributed by atoms with Gasteiger partial charge in [0.05, 0.1) is 13.7 Å². The van der Waals surface area contributed by atoms with E-state index in [0.717, 1.165) is 8.66 Å². The van der Waals surface area contributed by atoms with Gasteiger partial charge in [0.15, 0.2) is 12.7 Å². The van der Waals surface area contributed by atoms with E-state index in [0.29, 0.717) is 21.7 Å². The molecular formula is C16H11BrCl2N2O4S. The Bertz CT molecular complexity index is 931. The number of carbonyl (C=O) groups is 1. The molecule has 1 unspecified atom stereocenters. The van der Waals surface area contributed by atoms with Gasteiger partial charge in [-0.25, -0.2) is 4.79 Å². The molecule has 26 heavy (non-hydrogen) atoms. The topological polar surface area (TPSA) is 74.5 Å². The minimum absolute atomic E-state index is 0.152. The molecule has 1 aromatic carbocycles. The molecule has 136 valence electrons. The lowest BCUT2D eigenvalue weighted by molar-refractivity contribution is -0.153. The van der Waals surface area contributed by atoms with Crippen molar-refractivity contribution in [2.45, 2.75) is 19.6 Å². The number of hydrogen-bond acceptors (Lipinski definition) is 7. The number of carbonyl (C=O) groups excluding carboxylic acids is 1. The first-order valence-corrected chi connectivity index (χ1v) is 9.65. The molecule has 0 amide bonds. The summed E-state index contributed by atoms with van der Waals surface area (Å²) in [5.41, 5.74) is 0. The van der Waals surface area contributed by atoms with Crippen LogP contribution in [0.2, 0.25) is 10.0 Å². The normalized spacial score (nSPS) is 12.0. The number of esters is 1. The van der Waals surface area contributed by atoms with Crippen LogP contribution >= 0.6 is 50.5 Å². The third kappa shape index (κ3) is 4.76. The van der Waals surface area contributed by atoms with Crippen LogP contribution in [0.3, 0.4) is 0 Å². The number of nitrogens with zero attached hydrogens (tertiary/aromatic N) is 2. The van der Waals surface area contributed by atoms with Gasteiger partial charge in [0.25, 0.3) is 11.8 Å². The summed E-state index contributed by atoms with van der Waals surface area (Å²) in [5, 5.41) is 8.57. The Kier molecular flexibility index (Phi) is 6.18. The molecule has 0 bridgehead atoms. The minimum Gasteiger partial charge on any atom is -0.477 e. The van der Waals surface area contributed by atoms with Crippen molar-refractivity contribution in [2.75, 3.05) is 0 Å². The zero-order chi connectivity index (χ0) is 18.7. The zero-order valence-corrected chi connectivity index (χ0v) is 17.2. The Morgan fingerprint density at radius 1 is 1.31 bits per heavy atom. The monoisotopic (exact) mass is 476 g/mol. The fraction of sp³-hybridized carbons (Fsp3) is 0.188. The van der Waals surface area contributed by atoms with E-state index in [2.05, 4.69) is 26.1 Å². The molecule has 0 spiro atoms. The smallest absolute Gasteiger partial charge is 0.347 e. The first kappa shape index (κ1) is 19.2. The summed E-state index contributed by atoms with van der Waals surface area (Å²) >= 11 is 16.7. The van der Waals surface area contributed by atoms with E-state index >= 15 is 0 Å². The lowest BCUT2D eigenvalue weighted by Crippen LogP contribution is -2.26. The lowest BCUT2D eigenvalue weighted by Gasteiger charge is -2.14. The molecule has 10 heteroatoms. The molecule has 3 rings (SSSR count). The number of thiophene rings is 1. The molecule has 0 aliphatic heterocycles. The van der Waals surface area contributed by atoms with Crippen molar-refractivity contribution in [1.29, 1.82) is 0 Å². The molecule has 0 N–H and O–H groups in total. The van der Waals surface area contributed by atoms with Crippen molar-refractivity contribution in [2.24, 2.45) is 0 Å². The van der Waals surface area contributed by atoms with Gasteiger partial charge in [-0.3, -0.25) is 0 Å². The van der Waals surface area contributed by atoms with Crippen LogP contribution in [0.15, 0.2) is 38.5 Å². The SMILES string of the molecule is CC(Oc1ccc(Cl)cc1Cl)C(=O)OCc1nnc(-c2ccc(Br)s2)o1. The third-order valence-electron chi connectivity index (χ3n) is 3.12. The first-order chi connectivity index (χ1) is 12.4. The van der Waals surface area contributed by atoms with Gasteiger partial charge in [-0.2, -0.15) is 0 Å². The molecular weight excluding hydrogens is 467 g/mol. The Labute approximate surface area is 171 Å². The molecule has 3 aromatic rings. The van der Waals surface area contributed by atoms with Crippen LogP contribution in [0.1, 0.15) is 12.8 Å². The van der Waals surface area contributed by atoms with Crippen molar-refractivity contribution < 1.29 is 18.7 Å². The van der Waals surface area contributed by atoms with E-state index in [4.69, 9.17) is 37.1 Å². The highest BCUT2D eigenvalue weighted by Crippen LogP contribution is 2.30. The maximum Gasteiger partial charge on any atom is 0.347 e. The fourth-order valence-electron chi connectivity index (χ4n) is 1.90. The molecule has 2 aromatic heterocycles. The van der Waals surface area contributed by atoms with E-state index in [1.807, 2.05) is 12.1 Å². The van der Waals surface area contributed by atoms with Crippen LogP contribution in [-0.4, -0.2) is 22.3 Å². The summed E-state index contributed by atoms with van der Waals surface area (Å²) in [6, 6.07) is 8.45. The standard InChI is InChI=1S/C16H11BrCl2N2O4S/c1-8(24-11-3-2-9(18)6-10(11)19)16(22)23-7-14-20-21-15(25-14)12-4-5-13(17)26-12/h2-6,8H,7H2,1H3. The molecule has 6 nitrogen and oxygen atoms in total. The number of aromatic nitrogens is 2. The van der Waals surface area contributed by atoms with E-state index in [9.17, 15) is 4.79 Å².